The third-order valence-electron chi connectivity index (χ3n) is 3.35. The second kappa shape index (κ2) is 7.17. The summed E-state index contributed by atoms with van der Waals surface area (Å²) in [7, 11) is 0. The molecule has 0 radical (unpaired) electrons. The van der Waals surface area contributed by atoms with Crippen molar-refractivity contribution < 1.29 is 4.42 Å². The van der Waals surface area contributed by atoms with Gasteiger partial charge in [0.05, 0.1) is 11.6 Å². The van der Waals surface area contributed by atoms with E-state index in [-0.39, 0.29) is 0 Å². The van der Waals surface area contributed by atoms with Crippen molar-refractivity contribution in [3.63, 3.8) is 0 Å². The number of rotatable bonds is 6. The Morgan fingerprint density at radius 3 is 2.52 bits per heavy atom. The van der Waals surface area contributed by atoms with Gasteiger partial charge in [-0.1, -0.05) is 55.2 Å². The molecule has 2 aromatic rings. The summed E-state index contributed by atoms with van der Waals surface area (Å²) < 4.78 is 7.05. The molecule has 0 unspecified atom stereocenters. The van der Waals surface area contributed by atoms with Gasteiger partial charge >= 0.3 is 0 Å². The molecular formula is C17H23BrClNO. The number of hydrogen-bond acceptors (Lipinski definition) is 2. The molecule has 0 aliphatic carbocycles. The lowest BCUT2D eigenvalue weighted by Gasteiger charge is -2.09. The lowest BCUT2D eigenvalue weighted by atomic mass is 9.99. The average Bonchev–Trinajstić information content (AvgIpc) is 2.67. The monoisotopic (exact) mass is 371 g/mol. The first kappa shape index (κ1) is 16.9. The summed E-state index contributed by atoms with van der Waals surface area (Å²) in [6, 6.07) is 3.99. The van der Waals surface area contributed by atoms with Crippen LogP contribution in [0.5, 0.6) is 0 Å². The van der Waals surface area contributed by atoms with Gasteiger partial charge < -0.3 is 9.73 Å². The summed E-state index contributed by atoms with van der Waals surface area (Å²) in [5.41, 5.74) is 2.08. The molecule has 0 amide bonds. The molecule has 21 heavy (non-hydrogen) atoms. The van der Waals surface area contributed by atoms with Gasteiger partial charge in [-0.2, -0.15) is 0 Å². The molecule has 0 saturated heterocycles. The maximum absolute atomic E-state index is 6.32. The molecule has 1 aromatic heterocycles. The third-order valence-corrected chi connectivity index (χ3v) is 4.08. The summed E-state index contributed by atoms with van der Waals surface area (Å²) >= 11 is 9.85. The van der Waals surface area contributed by atoms with Gasteiger partial charge in [-0.15, -0.1) is 0 Å². The topological polar surface area (TPSA) is 25.2 Å². The van der Waals surface area contributed by atoms with E-state index >= 15 is 0 Å². The van der Waals surface area contributed by atoms with Crippen LogP contribution in [-0.2, 0) is 13.0 Å². The van der Waals surface area contributed by atoms with Crippen molar-refractivity contribution in [2.24, 2.45) is 11.8 Å². The predicted molar refractivity (Wildman–Crippen MR) is 94.0 cm³/mol. The van der Waals surface area contributed by atoms with Crippen LogP contribution in [-0.4, -0.2) is 6.54 Å². The Labute approximate surface area is 140 Å². The minimum Gasteiger partial charge on any atom is -0.458 e. The lowest BCUT2D eigenvalue weighted by Crippen LogP contribution is -2.19. The molecule has 116 valence electrons. The fourth-order valence-corrected chi connectivity index (χ4v) is 3.32. The van der Waals surface area contributed by atoms with E-state index in [0.717, 1.165) is 40.7 Å². The zero-order valence-electron chi connectivity index (χ0n) is 13.1. The largest absolute Gasteiger partial charge is 0.458 e. The van der Waals surface area contributed by atoms with Crippen molar-refractivity contribution in [1.29, 1.82) is 0 Å². The van der Waals surface area contributed by atoms with Crippen LogP contribution in [0.1, 0.15) is 39.0 Å². The maximum atomic E-state index is 6.32. The maximum Gasteiger partial charge on any atom is 0.153 e. The smallest absolute Gasteiger partial charge is 0.153 e. The summed E-state index contributed by atoms with van der Waals surface area (Å²) in [6.45, 7) is 10.6. The minimum absolute atomic E-state index is 0.576. The summed E-state index contributed by atoms with van der Waals surface area (Å²) in [5.74, 6) is 2.22. The average molecular weight is 373 g/mol. The first-order chi connectivity index (χ1) is 9.88. The van der Waals surface area contributed by atoms with E-state index in [4.69, 9.17) is 16.0 Å². The van der Waals surface area contributed by atoms with Crippen LogP contribution in [0.2, 0.25) is 5.02 Å². The molecule has 0 spiro atoms. The van der Waals surface area contributed by atoms with Crippen LogP contribution < -0.4 is 5.32 Å². The fraction of sp³-hybridized carbons (Fsp3) is 0.529. The number of fused-ring (bicyclic) bond motifs is 1. The SMILES string of the molecule is CC(C)CNCc1oc2c(Cl)cc(Br)cc2c1CC(C)C. The number of hydrogen-bond donors (Lipinski definition) is 1. The Morgan fingerprint density at radius 1 is 1.19 bits per heavy atom. The van der Waals surface area contributed by atoms with Gasteiger partial charge in [-0.3, -0.25) is 0 Å². The van der Waals surface area contributed by atoms with E-state index in [0.29, 0.717) is 16.9 Å². The van der Waals surface area contributed by atoms with E-state index in [1.54, 1.807) is 0 Å². The molecule has 0 fully saturated rings. The molecule has 2 nitrogen and oxygen atoms in total. The van der Waals surface area contributed by atoms with E-state index in [9.17, 15) is 0 Å². The standard InChI is InChI=1S/C17H23BrClNO/c1-10(2)5-13-14-6-12(18)7-15(19)17(14)21-16(13)9-20-8-11(3)4/h6-7,10-11,20H,5,8-9H2,1-4H3. The molecule has 0 aliphatic heterocycles. The second-order valence-electron chi connectivity index (χ2n) is 6.39. The van der Waals surface area contributed by atoms with Crippen LogP contribution in [0.4, 0.5) is 0 Å². The Balaban J connectivity index is 2.40. The molecule has 1 aromatic carbocycles. The Morgan fingerprint density at radius 2 is 1.90 bits per heavy atom. The Kier molecular flexibility index (Phi) is 5.75. The van der Waals surface area contributed by atoms with E-state index in [1.165, 1.54) is 5.56 Å². The molecule has 1 heterocycles. The molecule has 0 aliphatic rings. The summed E-state index contributed by atoms with van der Waals surface area (Å²) in [4.78, 5) is 0. The molecule has 2 rings (SSSR count). The van der Waals surface area contributed by atoms with Crippen LogP contribution in [0.3, 0.4) is 0 Å². The van der Waals surface area contributed by atoms with Crippen molar-refractivity contribution >= 4 is 38.5 Å². The normalized spacial score (nSPS) is 12.0. The highest BCUT2D eigenvalue weighted by Gasteiger charge is 2.17. The number of nitrogens with one attached hydrogen (secondary N) is 1. The quantitative estimate of drug-likeness (QED) is 0.694. The van der Waals surface area contributed by atoms with Crippen molar-refractivity contribution in [2.45, 2.75) is 40.7 Å². The van der Waals surface area contributed by atoms with Crippen LogP contribution in [0, 0.1) is 11.8 Å². The molecule has 0 atom stereocenters. The predicted octanol–water partition coefficient (Wildman–Crippen LogP) is 5.79. The van der Waals surface area contributed by atoms with Gasteiger partial charge in [0.1, 0.15) is 5.76 Å². The Hall–Kier alpha value is -0.510. The van der Waals surface area contributed by atoms with Crippen molar-refractivity contribution in [3.8, 4) is 0 Å². The van der Waals surface area contributed by atoms with Gasteiger partial charge in [-0.05, 0) is 36.9 Å². The highest BCUT2D eigenvalue weighted by atomic mass is 79.9. The zero-order valence-corrected chi connectivity index (χ0v) is 15.4. The zero-order chi connectivity index (χ0) is 15.6. The molecule has 4 heteroatoms. The number of benzene rings is 1. The van der Waals surface area contributed by atoms with Crippen LogP contribution in [0.25, 0.3) is 11.0 Å². The van der Waals surface area contributed by atoms with Gasteiger partial charge in [0, 0.05) is 15.4 Å². The fourth-order valence-electron chi connectivity index (χ4n) is 2.47. The minimum atomic E-state index is 0.576. The van der Waals surface area contributed by atoms with E-state index in [1.807, 2.05) is 6.07 Å². The Bertz CT molecular complexity index is 619. The van der Waals surface area contributed by atoms with Crippen LogP contribution in [0.15, 0.2) is 21.0 Å². The van der Waals surface area contributed by atoms with Crippen molar-refractivity contribution in [1.82, 2.24) is 5.32 Å². The second-order valence-corrected chi connectivity index (χ2v) is 7.71. The molecule has 0 bridgehead atoms. The first-order valence-electron chi connectivity index (χ1n) is 7.48. The summed E-state index contributed by atoms with van der Waals surface area (Å²) in [6.07, 6.45) is 0.998. The van der Waals surface area contributed by atoms with Crippen molar-refractivity contribution in [2.75, 3.05) is 6.54 Å². The number of halogens is 2. The van der Waals surface area contributed by atoms with Crippen molar-refractivity contribution in [3.05, 3.63) is 33.0 Å². The van der Waals surface area contributed by atoms with Gasteiger partial charge in [-0.25, -0.2) is 0 Å². The van der Waals surface area contributed by atoms with Gasteiger partial charge in [0.15, 0.2) is 5.58 Å². The lowest BCUT2D eigenvalue weighted by molar-refractivity contribution is 0.477. The summed E-state index contributed by atoms with van der Waals surface area (Å²) in [5, 5.41) is 5.26. The third kappa shape index (κ3) is 4.24. The highest BCUT2D eigenvalue weighted by molar-refractivity contribution is 9.10. The number of furan rings is 1. The molecule has 0 saturated carbocycles. The molecular weight excluding hydrogens is 350 g/mol. The van der Waals surface area contributed by atoms with E-state index in [2.05, 4.69) is 55.0 Å². The molecule has 1 N–H and O–H groups in total. The van der Waals surface area contributed by atoms with E-state index < -0.39 is 0 Å². The van der Waals surface area contributed by atoms with Crippen LogP contribution >= 0.6 is 27.5 Å². The van der Waals surface area contributed by atoms with Gasteiger partial charge in [0.25, 0.3) is 0 Å². The van der Waals surface area contributed by atoms with Gasteiger partial charge in [0.2, 0.25) is 0 Å². The first-order valence-corrected chi connectivity index (χ1v) is 8.65. The highest BCUT2D eigenvalue weighted by Crippen LogP contribution is 2.35.